The second kappa shape index (κ2) is 7.65. The van der Waals surface area contributed by atoms with Crippen LogP contribution in [-0.2, 0) is 11.2 Å². The molecule has 116 valence electrons. The van der Waals surface area contributed by atoms with Crippen molar-refractivity contribution in [3.8, 4) is 0 Å². The number of carboxylic acids is 1. The van der Waals surface area contributed by atoms with E-state index in [0.717, 1.165) is 11.4 Å². The van der Waals surface area contributed by atoms with Crippen LogP contribution < -0.4 is 4.90 Å². The summed E-state index contributed by atoms with van der Waals surface area (Å²) in [4.78, 5) is 24.8. The summed E-state index contributed by atoms with van der Waals surface area (Å²) in [6, 6.07) is 8.94. The molecule has 1 aromatic heterocycles. The molecule has 0 fully saturated rings. The first kappa shape index (κ1) is 16.1. The Balaban J connectivity index is 2.13. The third-order valence-corrected chi connectivity index (χ3v) is 4.18. The number of ketones is 1. The molecule has 0 amide bonds. The number of aliphatic carboxylic acids is 1. The van der Waals surface area contributed by atoms with Crippen LogP contribution in [0, 0.1) is 0 Å². The summed E-state index contributed by atoms with van der Waals surface area (Å²) in [7, 11) is 0. The molecule has 2 aromatic rings. The van der Waals surface area contributed by atoms with Crippen molar-refractivity contribution in [2.45, 2.75) is 19.8 Å². The Kier molecular flexibility index (Phi) is 5.60. The third kappa shape index (κ3) is 4.36. The molecule has 0 spiro atoms. The van der Waals surface area contributed by atoms with Crippen molar-refractivity contribution in [1.82, 2.24) is 10.2 Å². The molecule has 0 aliphatic carbocycles. The van der Waals surface area contributed by atoms with Crippen LogP contribution in [0.25, 0.3) is 0 Å². The van der Waals surface area contributed by atoms with E-state index in [2.05, 4.69) is 10.2 Å². The summed E-state index contributed by atoms with van der Waals surface area (Å²) in [6.07, 6.45) is 0.709. The maximum absolute atomic E-state index is 12.3. The van der Waals surface area contributed by atoms with Crippen molar-refractivity contribution in [1.29, 1.82) is 0 Å². The number of rotatable bonds is 8. The molecule has 0 unspecified atom stereocenters. The number of anilines is 1. The maximum Gasteiger partial charge on any atom is 0.305 e. The van der Waals surface area contributed by atoms with Gasteiger partial charge in [0.1, 0.15) is 5.01 Å². The highest BCUT2D eigenvalue weighted by Crippen LogP contribution is 2.21. The summed E-state index contributed by atoms with van der Waals surface area (Å²) in [5.41, 5.74) is 0.600. The molecule has 0 aliphatic rings. The van der Waals surface area contributed by atoms with Gasteiger partial charge in [0.25, 0.3) is 0 Å². The fourth-order valence-corrected chi connectivity index (χ4v) is 2.68. The fraction of sp³-hybridized carbons (Fsp3) is 0.333. The Morgan fingerprint density at radius 3 is 2.55 bits per heavy atom. The van der Waals surface area contributed by atoms with Gasteiger partial charge in [0.05, 0.1) is 13.0 Å². The van der Waals surface area contributed by atoms with Crippen molar-refractivity contribution >= 4 is 28.2 Å². The number of hydrogen-bond donors (Lipinski definition) is 1. The number of carbonyl (C=O) groups excluding carboxylic acids is 1. The highest BCUT2D eigenvalue weighted by molar-refractivity contribution is 7.15. The minimum Gasteiger partial charge on any atom is -0.481 e. The van der Waals surface area contributed by atoms with Gasteiger partial charge in [-0.1, -0.05) is 48.6 Å². The minimum absolute atomic E-state index is 0.0525. The Bertz CT molecular complexity index is 642. The van der Waals surface area contributed by atoms with E-state index in [1.807, 2.05) is 13.0 Å². The number of hydrogen-bond acceptors (Lipinski definition) is 6. The zero-order chi connectivity index (χ0) is 15.9. The van der Waals surface area contributed by atoms with Gasteiger partial charge in [0.15, 0.2) is 5.78 Å². The lowest BCUT2D eigenvalue weighted by Gasteiger charge is -2.19. The second-order valence-electron chi connectivity index (χ2n) is 4.69. The van der Waals surface area contributed by atoms with E-state index in [9.17, 15) is 9.59 Å². The summed E-state index contributed by atoms with van der Waals surface area (Å²) < 4.78 is 0. The van der Waals surface area contributed by atoms with Gasteiger partial charge >= 0.3 is 5.97 Å². The third-order valence-electron chi connectivity index (χ3n) is 3.05. The molecule has 0 atom stereocenters. The first-order valence-electron chi connectivity index (χ1n) is 6.97. The predicted molar refractivity (Wildman–Crippen MR) is 84.5 cm³/mol. The van der Waals surface area contributed by atoms with Gasteiger partial charge in [-0.05, 0) is 6.42 Å². The molecule has 1 heterocycles. The highest BCUT2D eigenvalue weighted by atomic mass is 32.1. The van der Waals surface area contributed by atoms with Crippen molar-refractivity contribution < 1.29 is 14.7 Å². The molecule has 2 rings (SSSR count). The topological polar surface area (TPSA) is 83.4 Å². The zero-order valence-corrected chi connectivity index (χ0v) is 13.0. The number of aryl methyl sites for hydroxylation is 1. The molecular weight excluding hydrogens is 302 g/mol. The van der Waals surface area contributed by atoms with Gasteiger partial charge in [-0.2, -0.15) is 0 Å². The van der Waals surface area contributed by atoms with Crippen molar-refractivity contribution in [3.05, 3.63) is 40.9 Å². The smallest absolute Gasteiger partial charge is 0.305 e. The molecule has 1 aromatic carbocycles. The lowest BCUT2D eigenvalue weighted by atomic mass is 10.1. The van der Waals surface area contributed by atoms with Crippen LogP contribution in [0.4, 0.5) is 5.13 Å². The van der Waals surface area contributed by atoms with E-state index < -0.39 is 5.97 Å². The molecule has 7 heteroatoms. The number of carboxylic acid groups (broad SMARTS) is 1. The van der Waals surface area contributed by atoms with Crippen LogP contribution in [0.5, 0.6) is 0 Å². The molecule has 0 saturated carbocycles. The molecule has 0 radical (unpaired) electrons. The maximum atomic E-state index is 12.3. The van der Waals surface area contributed by atoms with Crippen LogP contribution in [0.2, 0.25) is 0 Å². The minimum atomic E-state index is -0.905. The molecule has 0 bridgehead atoms. The Hall–Kier alpha value is -2.28. The lowest BCUT2D eigenvalue weighted by Crippen LogP contribution is -2.32. The normalized spacial score (nSPS) is 10.4. The number of nitrogens with zero attached hydrogens (tertiary/aromatic N) is 3. The summed E-state index contributed by atoms with van der Waals surface area (Å²) in [6.45, 7) is 2.29. The van der Waals surface area contributed by atoms with Crippen LogP contribution in [0.15, 0.2) is 30.3 Å². The van der Waals surface area contributed by atoms with Gasteiger partial charge < -0.3 is 10.0 Å². The van der Waals surface area contributed by atoms with Crippen molar-refractivity contribution in [3.63, 3.8) is 0 Å². The summed E-state index contributed by atoms with van der Waals surface area (Å²) in [5, 5.41) is 18.4. The zero-order valence-electron chi connectivity index (χ0n) is 12.2. The summed E-state index contributed by atoms with van der Waals surface area (Å²) >= 11 is 1.39. The Labute approximate surface area is 132 Å². The van der Waals surface area contributed by atoms with Crippen molar-refractivity contribution in [2.75, 3.05) is 18.0 Å². The van der Waals surface area contributed by atoms with Crippen LogP contribution in [0.1, 0.15) is 28.7 Å². The predicted octanol–water partition coefficient (Wildman–Crippen LogP) is 2.26. The molecule has 0 saturated heterocycles. The van der Waals surface area contributed by atoms with Crippen LogP contribution in [-0.4, -0.2) is 40.1 Å². The van der Waals surface area contributed by atoms with E-state index >= 15 is 0 Å². The van der Waals surface area contributed by atoms with Gasteiger partial charge in [0.2, 0.25) is 5.13 Å². The monoisotopic (exact) mass is 319 g/mol. The van der Waals surface area contributed by atoms with E-state index in [4.69, 9.17) is 5.11 Å². The molecule has 1 N–H and O–H groups in total. The van der Waals surface area contributed by atoms with Crippen LogP contribution >= 0.6 is 11.3 Å². The van der Waals surface area contributed by atoms with Gasteiger partial charge in [-0.3, -0.25) is 9.59 Å². The standard InChI is InChI=1S/C15H17N3O3S/c1-2-13-16-17-15(22-13)18(9-8-14(20)21)10-12(19)11-6-4-3-5-7-11/h3-7H,2,8-10H2,1H3,(H,20,21). The van der Waals surface area contributed by atoms with E-state index in [1.165, 1.54) is 11.3 Å². The highest BCUT2D eigenvalue weighted by Gasteiger charge is 2.18. The first-order chi connectivity index (χ1) is 10.6. The molecular formula is C15H17N3O3S. The van der Waals surface area contributed by atoms with Crippen LogP contribution in [0.3, 0.4) is 0 Å². The lowest BCUT2D eigenvalue weighted by molar-refractivity contribution is -0.136. The number of Topliss-reactive ketones (excluding diaryl/α,β-unsaturated/α-hetero) is 1. The average Bonchev–Trinajstić information content (AvgIpc) is 3.00. The molecule has 0 aliphatic heterocycles. The number of carbonyl (C=O) groups is 2. The van der Waals surface area contributed by atoms with Gasteiger partial charge in [-0.15, -0.1) is 10.2 Å². The molecule has 22 heavy (non-hydrogen) atoms. The number of aromatic nitrogens is 2. The van der Waals surface area contributed by atoms with E-state index in [0.29, 0.717) is 10.7 Å². The SMILES string of the molecule is CCc1nnc(N(CCC(=O)O)CC(=O)c2ccccc2)s1. The summed E-state index contributed by atoms with van der Waals surface area (Å²) in [5.74, 6) is -0.975. The second-order valence-corrected chi connectivity index (χ2v) is 5.73. The van der Waals surface area contributed by atoms with E-state index in [-0.39, 0.29) is 25.3 Å². The van der Waals surface area contributed by atoms with Gasteiger partial charge in [0, 0.05) is 12.1 Å². The Morgan fingerprint density at radius 1 is 1.23 bits per heavy atom. The Morgan fingerprint density at radius 2 is 1.95 bits per heavy atom. The first-order valence-corrected chi connectivity index (χ1v) is 7.79. The van der Waals surface area contributed by atoms with E-state index in [1.54, 1.807) is 29.2 Å². The van der Waals surface area contributed by atoms with Crippen molar-refractivity contribution in [2.24, 2.45) is 0 Å². The largest absolute Gasteiger partial charge is 0.481 e. The fourth-order valence-electron chi connectivity index (χ4n) is 1.88. The van der Waals surface area contributed by atoms with Gasteiger partial charge in [-0.25, -0.2) is 0 Å². The number of benzene rings is 1. The molecule has 6 nitrogen and oxygen atoms in total. The quantitative estimate of drug-likeness (QED) is 0.751. The average molecular weight is 319 g/mol.